The van der Waals surface area contributed by atoms with Gasteiger partial charge in [-0.05, 0) is 45.9 Å². The molecule has 2 aromatic heterocycles. The van der Waals surface area contributed by atoms with Crippen molar-refractivity contribution in [2.45, 2.75) is 51.4 Å². The first-order valence-corrected chi connectivity index (χ1v) is 11.3. The number of anilines is 1. The maximum Gasteiger partial charge on any atom is 0.407 e. The molecule has 2 atom stereocenters. The molecule has 0 radical (unpaired) electrons. The third-order valence-electron chi connectivity index (χ3n) is 5.66. The number of halogens is 1. The molecule has 2 unspecified atom stereocenters. The van der Waals surface area contributed by atoms with Crippen LogP contribution in [0.1, 0.15) is 55.2 Å². The van der Waals surface area contributed by atoms with Crippen LogP contribution < -0.4 is 15.4 Å². The molecule has 192 valence electrons. The minimum absolute atomic E-state index is 0.0483. The highest BCUT2D eigenvalue weighted by molar-refractivity contribution is 5.94. The molecule has 0 aliphatic carbocycles. The van der Waals surface area contributed by atoms with Gasteiger partial charge >= 0.3 is 12.1 Å². The van der Waals surface area contributed by atoms with Gasteiger partial charge in [0.05, 0.1) is 25.4 Å². The van der Waals surface area contributed by atoms with E-state index in [4.69, 9.17) is 9.47 Å². The number of aromatic carboxylic acids is 1. The maximum atomic E-state index is 14.6. The van der Waals surface area contributed by atoms with Crippen LogP contribution in [0.2, 0.25) is 0 Å². The highest BCUT2D eigenvalue weighted by atomic mass is 19.1. The summed E-state index contributed by atoms with van der Waals surface area (Å²) < 4.78 is 27.3. The average Bonchev–Trinajstić information content (AvgIpc) is 3.37. The fourth-order valence-corrected chi connectivity index (χ4v) is 4.04. The van der Waals surface area contributed by atoms with Crippen LogP contribution in [0.5, 0.6) is 5.75 Å². The summed E-state index contributed by atoms with van der Waals surface area (Å²) in [4.78, 5) is 27.9. The van der Waals surface area contributed by atoms with Gasteiger partial charge in [0.15, 0.2) is 11.2 Å². The van der Waals surface area contributed by atoms with Gasteiger partial charge in [-0.3, -0.25) is 0 Å². The van der Waals surface area contributed by atoms with Crippen molar-refractivity contribution in [1.29, 1.82) is 0 Å². The first-order valence-electron chi connectivity index (χ1n) is 11.3. The molecular weight excluding hydrogens is 473 g/mol. The molecule has 0 bridgehead atoms. The number of nitrogens with zero attached hydrogens (tertiary/aromatic N) is 3. The number of benzene rings is 1. The topological polar surface area (TPSA) is 147 Å². The van der Waals surface area contributed by atoms with E-state index >= 15 is 0 Å². The van der Waals surface area contributed by atoms with E-state index < -0.39 is 41.7 Å². The van der Waals surface area contributed by atoms with Crippen LogP contribution in [0.15, 0.2) is 30.6 Å². The Balaban J connectivity index is 1.56. The smallest absolute Gasteiger partial charge is 0.407 e. The predicted octanol–water partition coefficient (Wildman–Crippen LogP) is 2.93. The Bertz CT molecular complexity index is 1320. The quantitative estimate of drug-likeness (QED) is 0.384. The highest BCUT2D eigenvalue weighted by Gasteiger charge is 2.41. The van der Waals surface area contributed by atoms with Crippen molar-refractivity contribution >= 4 is 23.5 Å². The number of aliphatic hydroxyl groups is 1. The summed E-state index contributed by atoms with van der Waals surface area (Å²) in [5.41, 5.74) is -0.740. The van der Waals surface area contributed by atoms with Crippen molar-refractivity contribution in [3.05, 3.63) is 53.1 Å². The number of hydrogen-bond donors (Lipinski definition) is 4. The molecule has 1 amide bonds. The molecule has 3 aromatic rings. The van der Waals surface area contributed by atoms with Gasteiger partial charge < -0.3 is 30.3 Å². The van der Waals surface area contributed by atoms with Crippen LogP contribution in [0.25, 0.3) is 5.65 Å². The summed E-state index contributed by atoms with van der Waals surface area (Å²) in [7, 11) is 0. The molecule has 1 aliphatic rings. The molecule has 4 N–H and O–H groups in total. The lowest BCUT2D eigenvalue weighted by Crippen LogP contribution is -2.50. The SMILES string of the molecule is CC(Nc1ccn2ncc(C(=O)O)c2n1)c1cc(F)cc2c1OC(CO)(CNC(=O)OC(C)(C)C)C2. The summed E-state index contributed by atoms with van der Waals surface area (Å²) in [6, 6.07) is 3.77. The second-order valence-corrected chi connectivity index (χ2v) is 9.77. The Morgan fingerprint density at radius 3 is 2.78 bits per heavy atom. The Morgan fingerprint density at radius 1 is 1.36 bits per heavy atom. The van der Waals surface area contributed by atoms with E-state index in [-0.39, 0.29) is 24.2 Å². The van der Waals surface area contributed by atoms with Crippen molar-refractivity contribution in [1.82, 2.24) is 19.9 Å². The lowest BCUT2D eigenvalue weighted by atomic mass is 9.96. The first kappa shape index (κ1) is 25.2. The fourth-order valence-electron chi connectivity index (χ4n) is 4.04. The number of rotatable bonds is 7. The number of ether oxygens (including phenoxy) is 2. The molecule has 12 heteroatoms. The van der Waals surface area contributed by atoms with Gasteiger partial charge in [0.1, 0.15) is 28.5 Å². The van der Waals surface area contributed by atoms with Crippen LogP contribution in [0.3, 0.4) is 0 Å². The molecule has 11 nitrogen and oxygen atoms in total. The summed E-state index contributed by atoms with van der Waals surface area (Å²) in [5.74, 6) is -0.885. The summed E-state index contributed by atoms with van der Waals surface area (Å²) in [6.45, 7) is 6.52. The number of alkyl carbamates (subject to hydrolysis) is 1. The van der Waals surface area contributed by atoms with Crippen molar-refractivity contribution in [3.63, 3.8) is 0 Å². The van der Waals surface area contributed by atoms with E-state index in [0.29, 0.717) is 22.7 Å². The molecule has 4 rings (SSSR count). The van der Waals surface area contributed by atoms with E-state index in [2.05, 4.69) is 20.7 Å². The lowest BCUT2D eigenvalue weighted by Gasteiger charge is -2.28. The van der Waals surface area contributed by atoms with Gasteiger partial charge in [-0.25, -0.2) is 23.5 Å². The van der Waals surface area contributed by atoms with Crippen molar-refractivity contribution in [2.24, 2.45) is 0 Å². The van der Waals surface area contributed by atoms with Crippen LogP contribution in [-0.4, -0.2) is 61.2 Å². The second kappa shape index (κ2) is 9.26. The number of nitrogens with one attached hydrogen (secondary N) is 2. The first-order chi connectivity index (χ1) is 16.9. The number of aliphatic hydroxyl groups excluding tert-OH is 1. The molecule has 0 saturated heterocycles. The number of aromatic nitrogens is 3. The number of carboxylic acid groups (broad SMARTS) is 1. The fraction of sp³-hybridized carbons (Fsp3) is 0.417. The maximum absolute atomic E-state index is 14.6. The van der Waals surface area contributed by atoms with E-state index in [1.165, 1.54) is 22.8 Å². The second-order valence-electron chi connectivity index (χ2n) is 9.77. The predicted molar refractivity (Wildman–Crippen MR) is 127 cm³/mol. The minimum Gasteiger partial charge on any atom is -0.482 e. The zero-order valence-electron chi connectivity index (χ0n) is 20.3. The summed E-state index contributed by atoms with van der Waals surface area (Å²) >= 11 is 0. The Morgan fingerprint density at radius 2 is 2.11 bits per heavy atom. The van der Waals surface area contributed by atoms with E-state index in [9.17, 15) is 24.2 Å². The van der Waals surface area contributed by atoms with Gasteiger partial charge in [-0.15, -0.1) is 0 Å². The third-order valence-corrected chi connectivity index (χ3v) is 5.66. The largest absolute Gasteiger partial charge is 0.482 e. The number of fused-ring (bicyclic) bond motifs is 2. The highest BCUT2D eigenvalue weighted by Crippen LogP contribution is 2.41. The Labute approximate surface area is 206 Å². The number of amides is 1. The van der Waals surface area contributed by atoms with Crippen LogP contribution >= 0.6 is 0 Å². The Hall–Kier alpha value is -3.93. The zero-order chi connectivity index (χ0) is 26.3. The molecular formula is C24H28FN5O6. The minimum atomic E-state index is -1.19. The monoisotopic (exact) mass is 501 g/mol. The van der Waals surface area contributed by atoms with Crippen LogP contribution in [0.4, 0.5) is 15.0 Å². The van der Waals surface area contributed by atoms with Gasteiger partial charge in [0.2, 0.25) is 0 Å². The summed E-state index contributed by atoms with van der Waals surface area (Å²) in [5, 5.41) is 29.2. The van der Waals surface area contributed by atoms with E-state index in [0.717, 1.165) is 0 Å². The van der Waals surface area contributed by atoms with Gasteiger partial charge in [-0.1, -0.05) is 0 Å². The molecule has 0 fully saturated rings. The average molecular weight is 502 g/mol. The van der Waals surface area contributed by atoms with E-state index in [1.54, 1.807) is 40.0 Å². The molecule has 0 spiro atoms. The third kappa shape index (κ3) is 5.18. The number of carbonyl (C=O) groups is 2. The standard InChI is InChI=1S/C24H28FN5O6/c1-13(28-18-5-6-30-20(29-18)17(10-27-30)21(32)33)16-8-15(25)7-14-9-24(12-31,35-19(14)16)11-26-22(34)36-23(2,3)4/h5-8,10,13,31H,9,11-12H2,1-4H3,(H,26,34)(H,28,29)(H,32,33). The Kier molecular flexibility index (Phi) is 6.48. The van der Waals surface area contributed by atoms with Crippen LogP contribution in [-0.2, 0) is 11.2 Å². The molecule has 1 aliphatic heterocycles. The molecule has 36 heavy (non-hydrogen) atoms. The molecule has 0 saturated carbocycles. The van der Waals surface area contributed by atoms with Crippen molar-refractivity contribution in [3.8, 4) is 5.75 Å². The van der Waals surface area contributed by atoms with Gasteiger partial charge in [0, 0.05) is 23.7 Å². The van der Waals surface area contributed by atoms with Crippen molar-refractivity contribution in [2.75, 3.05) is 18.5 Å². The molecule has 3 heterocycles. The van der Waals surface area contributed by atoms with Crippen molar-refractivity contribution < 1.29 is 33.7 Å². The van der Waals surface area contributed by atoms with E-state index in [1.807, 2.05) is 0 Å². The lowest BCUT2D eigenvalue weighted by molar-refractivity contribution is 0.0175. The van der Waals surface area contributed by atoms with Gasteiger partial charge in [0.25, 0.3) is 0 Å². The zero-order valence-corrected chi connectivity index (χ0v) is 20.3. The summed E-state index contributed by atoms with van der Waals surface area (Å²) in [6.07, 6.45) is 2.30. The number of hydrogen-bond acceptors (Lipinski definition) is 8. The van der Waals surface area contributed by atoms with Gasteiger partial charge in [-0.2, -0.15) is 5.10 Å². The normalized spacial score (nSPS) is 17.8. The van der Waals surface area contributed by atoms with Crippen LogP contribution in [0, 0.1) is 5.82 Å². The number of carbonyl (C=O) groups excluding carboxylic acids is 1. The number of carboxylic acids is 1. The molecule has 1 aromatic carbocycles.